The highest BCUT2D eigenvalue weighted by Gasteiger charge is 2.04. The molecule has 3 rings (SSSR count). The average molecular weight is 292 g/mol. The topological polar surface area (TPSA) is 46.5 Å². The maximum atomic E-state index is 10.9. The molecular formula is C19H16O3. The van der Waals surface area contributed by atoms with Crippen LogP contribution in [0.1, 0.15) is 15.9 Å². The van der Waals surface area contributed by atoms with E-state index in [0.29, 0.717) is 12.4 Å². The molecule has 3 heteroatoms. The smallest absolute Gasteiger partial charge is 0.335 e. The highest BCUT2D eigenvalue weighted by Crippen LogP contribution is 2.17. The van der Waals surface area contributed by atoms with Crippen LogP contribution < -0.4 is 4.74 Å². The van der Waals surface area contributed by atoms with Gasteiger partial charge in [0.2, 0.25) is 0 Å². The minimum Gasteiger partial charge on any atom is -0.493 e. The molecule has 0 aliphatic carbocycles. The highest BCUT2D eigenvalue weighted by atomic mass is 16.5. The van der Waals surface area contributed by atoms with Crippen LogP contribution in [0, 0.1) is 0 Å². The van der Waals surface area contributed by atoms with Crippen molar-refractivity contribution in [3.63, 3.8) is 0 Å². The number of ether oxygens (including phenoxy) is 1. The lowest BCUT2D eigenvalue weighted by Gasteiger charge is -2.08. The molecule has 1 N–H and O–H groups in total. The molecule has 0 aromatic heterocycles. The summed E-state index contributed by atoms with van der Waals surface area (Å²) in [6.45, 7) is 0.515. The van der Waals surface area contributed by atoms with Gasteiger partial charge in [0, 0.05) is 6.42 Å². The Hall–Kier alpha value is -2.81. The SMILES string of the molecule is O=C(O)c1cccc(OCCc2ccc3ccccc3c2)c1. The Morgan fingerprint density at radius 1 is 0.909 bits per heavy atom. The molecule has 0 bridgehead atoms. The first-order chi connectivity index (χ1) is 10.7. The quantitative estimate of drug-likeness (QED) is 0.768. The third-order valence-corrected chi connectivity index (χ3v) is 3.55. The number of carboxylic acids is 1. The molecule has 0 aliphatic rings. The number of hydrogen-bond donors (Lipinski definition) is 1. The van der Waals surface area contributed by atoms with E-state index in [2.05, 4.69) is 30.3 Å². The minimum absolute atomic E-state index is 0.239. The van der Waals surface area contributed by atoms with Gasteiger partial charge in [-0.3, -0.25) is 0 Å². The van der Waals surface area contributed by atoms with Crippen LogP contribution in [-0.4, -0.2) is 17.7 Å². The van der Waals surface area contributed by atoms with Crippen LogP contribution in [0.2, 0.25) is 0 Å². The molecule has 3 nitrogen and oxygen atoms in total. The molecule has 0 saturated heterocycles. The van der Waals surface area contributed by atoms with E-state index in [4.69, 9.17) is 9.84 Å². The molecule has 0 atom stereocenters. The molecule has 0 radical (unpaired) electrons. The first-order valence-electron chi connectivity index (χ1n) is 7.16. The van der Waals surface area contributed by atoms with Gasteiger partial charge in [-0.15, -0.1) is 0 Å². The van der Waals surface area contributed by atoms with Crippen LogP contribution in [0.3, 0.4) is 0 Å². The highest BCUT2D eigenvalue weighted by molar-refractivity contribution is 5.88. The number of carboxylic acid groups (broad SMARTS) is 1. The summed E-state index contributed by atoms with van der Waals surface area (Å²) in [5.74, 6) is -0.360. The number of rotatable bonds is 5. The van der Waals surface area contributed by atoms with Crippen molar-refractivity contribution in [2.24, 2.45) is 0 Å². The van der Waals surface area contributed by atoms with Crippen molar-refractivity contribution < 1.29 is 14.6 Å². The van der Waals surface area contributed by atoms with Gasteiger partial charge in [-0.2, -0.15) is 0 Å². The summed E-state index contributed by atoms with van der Waals surface area (Å²) in [5.41, 5.74) is 1.44. The molecule has 0 heterocycles. The Bertz CT molecular complexity index is 808. The second-order valence-corrected chi connectivity index (χ2v) is 5.11. The minimum atomic E-state index is -0.944. The normalized spacial score (nSPS) is 10.5. The molecule has 0 aliphatic heterocycles. The van der Waals surface area contributed by atoms with E-state index in [1.165, 1.54) is 16.3 Å². The maximum Gasteiger partial charge on any atom is 0.335 e. The van der Waals surface area contributed by atoms with Crippen LogP contribution in [0.4, 0.5) is 0 Å². The Morgan fingerprint density at radius 3 is 2.55 bits per heavy atom. The Balaban J connectivity index is 1.64. The van der Waals surface area contributed by atoms with Gasteiger partial charge in [0.15, 0.2) is 0 Å². The Labute approximate surface area is 128 Å². The summed E-state index contributed by atoms with van der Waals surface area (Å²) in [5, 5.41) is 11.4. The zero-order chi connectivity index (χ0) is 15.4. The van der Waals surface area contributed by atoms with E-state index in [1.54, 1.807) is 24.3 Å². The standard InChI is InChI=1S/C19H16O3/c20-19(21)17-6-3-7-18(13-17)22-11-10-14-8-9-15-4-1-2-5-16(15)12-14/h1-9,12-13H,10-11H2,(H,20,21). The lowest BCUT2D eigenvalue weighted by atomic mass is 10.1. The van der Waals surface area contributed by atoms with E-state index in [1.807, 2.05) is 12.1 Å². The second-order valence-electron chi connectivity index (χ2n) is 5.11. The second kappa shape index (κ2) is 6.31. The number of carbonyl (C=O) groups is 1. The van der Waals surface area contributed by atoms with Crippen molar-refractivity contribution in [2.45, 2.75) is 6.42 Å². The van der Waals surface area contributed by atoms with Crippen LogP contribution in [0.15, 0.2) is 66.7 Å². The monoisotopic (exact) mass is 292 g/mol. The number of benzene rings is 3. The van der Waals surface area contributed by atoms with Crippen molar-refractivity contribution >= 4 is 16.7 Å². The van der Waals surface area contributed by atoms with E-state index in [0.717, 1.165) is 6.42 Å². The van der Waals surface area contributed by atoms with Gasteiger partial charge in [-0.1, -0.05) is 48.5 Å². The fourth-order valence-electron chi connectivity index (χ4n) is 2.40. The molecule has 3 aromatic carbocycles. The first kappa shape index (κ1) is 14.1. The van der Waals surface area contributed by atoms with Crippen molar-refractivity contribution in [2.75, 3.05) is 6.61 Å². The lowest BCUT2D eigenvalue weighted by molar-refractivity contribution is 0.0696. The van der Waals surface area contributed by atoms with Gasteiger partial charge in [-0.25, -0.2) is 4.79 Å². The molecule has 0 fully saturated rings. The van der Waals surface area contributed by atoms with E-state index >= 15 is 0 Å². The van der Waals surface area contributed by atoms with Crippen LogP contribution in [-0.2, 0) is 6.42 Å². The summed E-state index contributed by atoms with van der Waals surface area (Å²) in [4.78, 5) is 10.9. The van der Waals surface area contributed by atoms with Gasteiger partial charge in [-0.05, 0) is 34.5 Å². The van der Waals surface area contributed by atoms with Crippen LogP contribution >= 0.6 is 0 Å². The largest absolute Gasteiger partial charge is 0.493 e. The van der Waals surface area contributed by atoms with Gasteiger partial charge in [0.25, 0.3) is 0 Å². The zero-order valence-corrected chi connectivity index (χ0v) is 12.0. The van der Waals surface area contributed by atoms with Crippen LogP contribution in [0.5, 0.6) is 5.75 Å². The number of aromatic carboxylic acids is 1. The zero-order valence-electron chi connectivity index (χ0n) is 12.0. The summed E-state index contributed by atoms with van der Waals surface area (Å²) in [6, 6.07) is 21.2. The van der Waals surface area contributed by atoms with E-state index in [-0.39, 0.29) is 5.56 Å². The van der Waals surface area contributed by atoms with Crippen molar-refractivity contribution in [1.29, 1.82) is 0 Å². The molecule has 110 valence electrons. The fourth-order valence-corrected chi connectivity index (χ4v) is 2.40. The molecule has 0 amide bonds. The third kappa shape index (κ3) is 3.26. The maximum absolute atomic E-state index is 10.9. The molecular weight excluding hydrogens is 276 g/mol. The molecule has 3 aromatic rings. The Kier molecular flexibility index (Phi) is 4.05. The van der Waals surface area contributed by atoms with Crippen molar-refractivity contribution in [1.82, 2.24) is 0 Å². The fraction of sp³-hybridized carbons (Fsp3) is 0.105. The molecule has 0 unspecified atom stereocenters. The Morgan fingerprint density at radius 2 is 1.73 bits per heavy atom. The predicted molar refractivity (Wildman–Crippen MR) is 86.5 cm³/mol. The summed E-state index contributed by atoms with van der Waals surface area (Å²) in [7, 11) is 0. The summed E-state index contributed by atoms with van der Waals surface area (Å²) >= 11 is 0. The summed E-state index contributed by atoms with van der Waals surface area (Å²) in [6.07, 6.45) is 0.780. The average Bonchev–Trinajstić information content (AvgIpc) is 2.55. The van der Waals surface area contributed by atoms with Crippen LogP contribution in [0.25, 0.3) is 10.8 Å². The predicted octanol–water partition coefficient (Wildman–Crippen LogP) is 4.16. The third-order valence-electron chi connectivity index (χ3n) is 3.55. The van der Waals surface area contributed by atoms with Gasteiger partial charge >= 0.3 is 5.97 Å². The van der Waals surface area contributed by atoms with E-state index < -0.39 is 5.97 Å². The number of hydrogen-bond acceptors (Lipinski definition) is 2. The molecule has 0 spiro atoms. The van der Waals surface area contributed by atoms with E-state index in [9.17, 15) is 4.79 Å². The lowest BCUT2D eigenvalue weighted by Crippen LogP contribution is -2.03. The molecule has 22 heavy (non-hydrogen) atoms. The van der Waals surface area contributed by atoms with Gasteiger partial charge in [0.1, 0.15) is 5.75 Å². The van der Waals surface area contributed by atoms with Gasteiger partial charge in [0.05, 0.1) is 12.2 Å². The van der Waals surface area contributed by atoms with Crippen molar-refractivity contribution in [3.05, 3.63) is 77.9 Å². The number of fused-ring (bicyclic) bond motifs is 1. The molecule has 0 saturated carbocycles. The van der Waals surface area contributed by atoms with Gasteiger partial charge < -0.3 is 9.84 Å². The summed E-state index contributed by atoms with van der Waals surface area (Å²) < 4.78 is 5.65. The van der Waals surface area contributed by atoms with Crippen molar-refractivity contribution in [3.8, 4) is 5.75 Å². The first-order valence-corrected chi connectivity index (χ1v) is 7.16.